The summed E-state index contributed by atoms with van der Waals surface area (Å²) >= 11 is 0. The van der Waals surface area contributed by atoms with Crippen LogP contribution in [0.25, 0.3) is 0 Å². The molecule has 0 spiro atoms. The van der Waals surface area contributed by atoms with E-state index in [9.17, 15) is 42.8 Å². The van der Waals surface area contributed by atoms with Crippen LogP contribution in [0, 0.1) is 10.1 Å². The van der Waals surface area contributed by atoms with Crippen LogP contribution in [0.3, 0.4) is 0 Å². The molecule has 9 nitrogen and oxygen atoms in total. The second-order valence-corrected chi connectivity index (χ2v) is 6.83. The van der Waals surface area contributed by atoms with Crippen molar-refractivity contribution in [3.8, 4) is 0 Å². The molecule has 33 heavy (non-hydrogen) atoms. The first kappa shape index (κ1) is 25.3. The summed E-state index contributed by atoms with van der Waals surface area (Å²) in [4.78, 5) is 46.8. The number of nitro benzene ring substituents is 1. The number of nitrogens with one attached hydrogen (secondary N) is 1. The molecular formula is C21H19F3N2O7. The summed E-state index contributed by atoms with van der Waals surface area (Å²) < 4.78 is 43.7. The third-order valence-electron chi connectivity index (χ3n) is 4.63. The molecule has 0 fully saturated rings. The lowest BCUT2D eigenvalue weighted by atomic mass is 9.88. The van der Waals surface area contributed by atoms with Crippen LogP contribution in [-0.2, 0) is 20.5 Å². The average molecular weight is 468 g/mol. The van der Waals surface area contributed by atoms with E-state index in [2.05, 4.69) is 5.32 Å². The van der Waals surface area contributed by atoms with Gasteiger partial charge in [0.2, 0.25) is 0 Å². The number of halogens is 3. The van der Waals surface area contributed by atoms with E-state index in [1.807, 2.05) is 0 Å². The van der Waals surface area contributed by atoms with E-state index in [-0.39, 0.29) is 17.9 Å². The highest BCUT2D eigenvalue weighted by Gasteiger charge is 2.35. The van der Waals surface area contributed by atoms with Crippen LogP contribution in [0.4, 0.5) is 18.9 Å². The predicted molar refractivity (Wildman–Crippen MR) is 107 cm³/mol. The van der Waals surface area contributed by atoms with E-state index in [0.717, 1.165) is 30.3 Å². The zero-order chi connectivity index (χ0) is 24.8. The molecule has 2 aromatic rings. The number of nitro groups is 1. The molecule has 0 radical (unpaired) electrons. The lowest BCUT2D eigenvalue weighted by Gasteiger charge is -2.25. The van der Waals surface area contributed by atoms with Gasteiger partial charge < -0.3 is 15.2 Å². The molecule has 176 valence electrons. The van der Waals surface area contributed by atoms with Crippen molar-refractivity contribution in [3.05, 3.63) is 75.3 Å². The smallest absolute Gasteiger partial charge is 0.416 e. The van der Waals surface area contributed by atoms with E-state index in [1.54, 1.807) is 0 Å². The summed E-state index contributed by atoms with van der Waals surface area (Å²) in [6.07, 6.45) is -5.22. The summed E-state index contributed by atoms with van der Waals surface area (Å²) in [6.45, 7) is 1.53. The second-order valence-electron chi connectivity index (χ2n) is 6.83. The van der Waals surface area contributed by atoms with Crippen molar-refractivity contribution in [1.82, 2.24) is 5.32 Å². The zero-order valence-electron chi connectivity index (χ0n) is 17.2. The maximum atomic E-state index is 13.0. The van der Waals surface area contributed by atoms with Crippen molar-refractivity contribution in [2.24, 2.45) is 0 Å². The Morgan fingerprint density at radius 2 is 1.79 bits per heavy atom. The van der Waals surface area contributed by atoms with Gasteiger partial charge in [-0.25, -0.2) is 4.79 Å². The van der Waals surface area contributed by atoms with Gasteiger partial charge in [0.1, 0.15) is 6.04 Å². The third kappa shape index (κ3) is 6.76. The normalized spacial score (nSPS) is 13.0. The Labute approximate surface area is 185 Å². The summed E-state index contributed by atoms with van der Waals surface area (Å²) in [5.41, 5.74) is -1.64. The summed E-state index contributed by atoms with van der Waals surface area (Å²) in [6, 6.07) is 6.31. The second kappa shape index (κ2) is 10.6. The molecule has 0 saturated carbocycles. The van der Waals surface area contributed by atoms with E-state index in [0.29, 0.717) is 6.07 Å². The van der Waals surface area contributed by atoms with Crippen LogP contribution >= 0.6 is 0 Å². The van der Waals surface area contributed by atoms with Crippen LogP contribution in [0.15, 0.2) is 48.5 Å². The molecule has 0 heterocycles. The number of carboxylic acids is 1. The van der Waals surface area contributed by atoms with Gasteiger partial charge in [0.05, 0.1) is 23.5 Å². The van der Waals surface area contributed by atoms with Gasteiger partial charge in [-0.15, -0.1) is 0 Å². The molecule has 2 rings (SSSR count). The molecule has 1 amide bonds. The Bertz CT molecular complexity index is 1040. The Morgan fingerprint density at radius 3 is 2.30 bits per heavy atom. The van der Waals surface area contributed by atoms with Crippen LogP contribution in [0.1, 0.15) is 40.7 Å². The Hall–Kier alpha value is -3.96. The van der Waals surface area contributed by atoms with Crippen molar-refractivity contribution in [2.75, 3.05) is 6.61 Å². The number of carboxylic acid groups (broad SMARTS) is 1. The highest BCUT2D eigenvalue weighted by Crippen LogP contribution is 2.30. The molecule has 0 bridgehead atoms. The number of rotatable bonds is 9. The van der Waals surface area contributed by atoms with Crippen molar-refractivity contribution in [3.63, 3.8) is 0 Å². The predicted octanol–water partition coefficient (Wildman–Crippen LogP) is 3.53. The summed E-state index contributed by atoms with van der Waals surface area (Å²) in [5, 5.41) is 22.8. The maximum absolute atomic E-state index is 13.0. The molecule has 0 aliphatic carbocycles. The Morgan fingerprint density at radius 1 is 1.15 bits per heavy atom. The number of amides is 1. The fourth-order valence-corrected chi connectivity index (χ4v) is 3.07. The molecule has 0 unspecified atom stereocenters. The fraction of sp³-hybridized carbons (Fsp3) is 0.286. The highest BCUT2D eigenvalue weighted by molar-refractivity contribution is 5.97. The molecule has 0 saturated heterocycles. The van der Waals surface area contributed by atoms with E-state index < -0.39 is 58.5 Å². The first-order valence-corrected chi connectivity index (χ1v) is 9.55. The van der Waals surface area contributed by atoms with Gasteiger partial charge in [0.15, 0.2) is 0 Å². The molecule has 2 atom stereocenters. The Kier molecular flexibility index (Phi) is 8.10. The number of aliphatic carboxylic acids is 1. The molecule has 12 heteroatoms. The van der Waals surface area contributed by atoms with Gasteiger partial charge in [-0.3, -0.25) is 19.7 Å². The van der Waals surface area contributed by atoms with Crippen LogP contribution < -0.4 is 5.32 Å². The van der Waals surface area contributed by atoms with Crippen LogP contribution in [0.2, 0.25) is 0 Å². The monoisotopic (exact) mass is 468 g/mol. The lowest BCUT2D eigenvalue weighted by Crippen LogP contribution is -2.45. The van der Waals surface area contributed by atoms with Gasteiger partial charge in [-0.1, -0.05) is 18.2 Å². The zero-order valence-corrected chi connectivity index (χ0v) is 17.2. The molecule has 0 aromatic heterocycles. The number of carbonyl (C=O) groups is 3. The van der Waals surface area contributed by atoms with E-state index in [1.165, 1.54) is 19.1 Å². The maximum Gasteiger partial charge on any atom is 0.416 e. The largest absolute Gasteiger partial charge is 0.480 e. The first-order chi connectivity index (χ1) is 15.4. The standard InChI is InChI=1S/C21H19F3N2O7/c1-2-33-17(27)11-16(12-6-8-15(9-7-12)26(31)32)18(20(29)30)25-19(28)13-4-3-5-14(10-13)21(22,23)24/h3-10,16,18H,2,11H2,1H3,(H,25,28)(H,29,30)/t16-,18+/m0/s1. The van der Waals surface area contributed by atoms with Crippen molar-refractivity contribution in [2.45, 2.75) is 31.5 Å². The summed E-state index contributed by atoms with van der Waals surface area (Å²) in [7, 11) is 0. The van der Waals surface area contributed by atoms with Gasteiger partial charge in [0, 0.05) is 23.6 Å². The number of hydrogen-bond acceptors (Lipinski definition) is 6. The van der Waals surface area contributed by atoms with Crippen LogP contribution in [-0.4, -0.2) is 40.5 Å². The number of hydrogen-bond donors (Lipinski definition) is 2. The third-order valence-corrected chi connectivity index (χ3v) is 4.63. The topological polar surface area (TPSA) is 136 Å². The number of non-ortho nitro benzene ring substituents is 1. The van der Waals surface area contributed by atoms with Crippen molar-refractivity contribution in [1.29, 1.82) is 0 Å². The highest BCUT2D eigenvalue weighted by atomic mass is 19.4. The van der Waals surface area contributed by atoms with Crippen molar-refractivity contribution >= 4 is 23.5 Å². The minimum Gasteiger partial charge on any atom is -0.480 e. The molecule has 2 N–H and O–H groups in total. The molecule has 2 aromatic carbocycles. The van der Waals surface area contributed by atoms with Gasteiger partial charge in [-0.05, 0) is 30.7 Å². The minimum atomic E-state index is -4.71. The van der Waals surface area contributed by atoms with Crippen LogP contribution in [0.5, 0.6) is 0 Å². The van der Waals surface area contributed by atoms with Gasteiger partial charge in [-0.2, -0.15) is 13.2 Å². The van der Waals surface area contributed by atoms with Crippen molar-refractivity contribution < 1.29 is 42.3 Å². The SMILES string of the molecule is CCOC(=O)C[C@@H](c1ccc([N+](=O)[O-])cc1)[C@@H](NC(=O)c1cccc(C(F)(F)F)c1)C(=O)O. The summed E-state index contributed by atoms with van der Waals surface area (Å²) in [5.74, 6) is -4.69. The molecule has 0 aliphatic rings. The number of alkyl halides is 3. The molecule has 0 aliphatic heterocycles. The quantitative estimate of drug-likeness (QED) is 0.326. The Balaban J connectivity index is 2.40. The number of ether oxygens (including phenoxy) is 1. The first-order valence-electron chi connectivity index (χ1n) is 9.55. The number of esters is 1. The minimum absolute atomic E-state index is 0.000145. The number of carbonyl (C=O) groups excluding carboxylic acids is 2. The van der Waals surface area contributed by atoms with Gasteiger partial charge in [0.25, 0.3) is 11.6 Å². The van der Waals surface area contributed by atoms with E-state index >= 15 is 0 Å². The lowest BCUT2D eigenvalue weighted by molar-refractivity contribution is -0.384. The molecular weight excluding hydrogens is 449 g/mol. The van der Waals surface area contributed by atoms with E-state index in [4.69, 9.17) is 4.74 Å². The number of nitrogens with zero attached hydrogens (tertiary/aromatic N) is 1. The average Bonchev–Trinajstić information content (AvgIpc) is 2.75. The fourth-order valence-electron chi connectivity index (χ4n) is 3.07. The van der Waals surface area contributed by atoms with Gasteiger partial charge >= 0.3 is 18.1 Å². The number of benzene rings is 2.